The highest BCUT2D eigenvalue weighted by Gasteiger charge is 2.45. The molecule has 1 heterocycles. The number of hydrogen-bond acceptors (Lipinski definition) is 11. The predicted octanol–water partition coefficient (Wildman–Crippen LogP) is 0.0494. The van der Waals surface area contributed by atoms with Crippen LogP contribution in [0.2, 0.25) is 0 Å². The number of aliphatic hydroxyl groups is 3. The number of rotatable bonds is 6. The minimum absolute atomic E-state index is 0.152. The molecule has 5 atom stereocenters. The Morgan fingerprint density at radius 1 is 0.906 bits per heavy atom. The van der Waals surface area contributed by atoms with Crippen LogP contribution < -0.4 is 4.74 Å². The van der Waals surface area contributed by atoms with Gasteiger partial charge in [-0.25, -0.2) is 4.79 Å². The third kappa shape index (κ3) is 4.92. The molecule has 32 heavy (non-hydrogen) atoms. The molecule has 0 aromatic heterocycles. The molecule has 0 bridgehead atoms. The summed E-state index contributed by atoms with van der Waals surface area (Å²) in [6, 6.07) is 7.65. The van der Waals surface area contributed by atoms with Crippen LogP contribution in [-0.4, -0.2) is 79.7 Å². The van der Waals surface area contributed by atoms with Gasteiger partial charge < -0.3 is 44.8 Å². The zero-order valence-corrected chi connectivity index (χ0v) is 16.8. The molecule has 1 aliphatic heterocycles. The third-order valence-electron chi connectivity index (χ3n) is 4.87. The lowest BCUT2D eigenvalue weighted by Gasteiger charge is -2.39. The number of Topliss-reactive ketones (excluding diaryl/α,β-unsaturated/α-hetero) is 1. The molecule has 11 heteroatoms. The number of aliphatic hydroxyl groups excluding tert-OH is 3. The van der Waals surface area contributed by atoms with Gasteiger partial charge >= 0.3 is 5.97 Å². The van der Waals surface area contributed by atoms with Crippen LogP contribution in [-0.2, 0) is 9.47 Å². The Morgan fingerprint density at radius 3 is 2.06 bits per heavy atom. The average molecular weight is 450 g/mol. The van der Waals surface area contributed by atoms with Crippen molar-refractivity contribution in [1.82, 2.24) is 0 Å². The molecule has 172 valence electrons. The van der Waals surface area contributed by atoms with Crippen LogP contribution in [0.25, 0.3) is 0 Å². The lowest BCUT2D eigenvalue weighted by molar-refractivity contribution is -0.277. The smallest absolute Gasteiger partial charge is 0.338 e. The van der Waals surface area contributed by atoms with Gasteiger partial charge in [0.25, 0.3) is 0 Å². The summed E-state index contributed by atoms with van der Waals surface area (Å²) in [7, 11) is 0. The number of esters is 1. The first-order valence-electron chi connectivity index (χ1n) is 9.48. The van der Waals surface area contributed by atoms with Gasteiger partial charge in [-0.15, -0.1) is 0 Å². The quantitative estimate of drug-likeness (QED) is 0.199. The number of carbonyl (C=O) groups excluding carboxylic acids is 2. The Labute approximate surface area is 181 Å². The minimum atomic E-state index is -1.68. The fourth-order valence-corrected chi connectivity index (χ4v) is 3.02. The molecule has 0 unspecified atom stereocenters. The van der Waals surface area contributed by atoms with Crippen molar-refractivity contribution in [1.29, 1.82) is 0 Å². The van der Waals surface area contributed by atoms with Crippen LogP contribution in [0, 0.1) is 0 Å². The van der Waals surface area contributed by atoms with Crippen molar-refractivity contribution >= 4 is 11.8 Å². The summed E-state index contributed by atoms with van der Waals surface area (Å²) in [4.78, 5) is 23.5. The van der Waals surface area contributed by atoms with E-state index in [1.54, 1.807) is 0 Å². The third-order valence-corrected chi connectivity index (χ3v) is 4.87. The van der Waals surface area contributed by atoms with Gasteiger partial charge in [-0.1, -0.05) is 0 Å². The number of phenols is 3. The number of aromatic hydroxyl groups is 3. The van der Waals surface area contributed by atoms with E-state index >= 15 is 0 Å². The first-order valence-corrected chi connectivity index (χ1v) is 9.48. The first kappa shape index (κ1) is 23.3. The van der Waals surface area contributed by atoms with E-state index in [9.17, 15) is 40.2 Å². The highest BCUT2D eigenvalue weighted by molar-refractivity contribution is 5.94. The molecule has 0 radical (unpaired) electrons. The van der Waals surface area contributed by atoms with Crippen molar-refractivity contribution in [3.05, 3.63) is 47.5 Å². The predicted molar refractivity (Wildman–Crippen MR) is 105 cm³/mol. The van der Waals surface area contributed by atoms with Gasteiger partial charge in [0.05, 0.1) is 5.56 Å². The zero-order chi connectivity index (χ0) is 23.6. The van der Waals surface area contributed by atoms with Gasteiger partial charge in [0, 0.05) is 5.56 Å². The molecule has 2 aromatic carbocycles. The maximum absolute atomic E-state index is 12.2. The number of ether oxygens (including phenoxy) is 3. The highest BCUT2D eigenvalue weighted by atomic mass is 16.7. The lowest BCUT2D eigenvalue weighted by Crippen LogP contribution is -2.60. The summed E-state index contributed by atoms with van der Waals surface area (Å²) in [5, 5.41) is 58.8. The van der Waals surface area contributed by atoms with E-state index in [4.69, 9.17) is 14.2 Å². The second kappa shape index (κ2) is 9.40. The molecular formula is C21H22O11. The molecule has 2 aromatic rings. The van der Waals surface area contributed by atoms with Crippen molar-refractivity contribution in [3.63, 3.8) is 0 Å². The molecular weight excluding hydrogens is 428 g/mol. The van der Waals surface area contributed by atoms with Crippen LogP contribution in [0.5, 0.6) is 23.0 Å². The maximum atomic E-state index is 12.2. The molecule has 11 nitrogen and oxygen atoms in total. The SMILES string of the molecule is CC(=O)c1ccc(O[C@@H]2O[C@H](COC(=O)c3cc(O)c(O)c(O)c3)[C@@H](O)[C@H](O)[C@H]2O)cc1. The van der Waals surface area contributed by atoms with Crippen LogP contribution in [0.1, 0.15) is 27.6 Å². The van der Waals surface area contributed by atoms with Gasteiger partial charge in [-0.3, -0.25) is 4.79 Å². The summed E-state index contributed by atoms with van der Waals surface area (Å²) in [6.07, 6.45) is -7.66. The Balaban J connectivity index is 1.67. The second-order valence-corrected chi connectivity index (χ2v) is 7.17. The van der Waals surface area contributed by atoms with E-state index in [0.29, 0.717) is 5.56 Å². The van der Waals surface area contributed by atoms with Crippen LogP contribution >= 0.6 is 0 Å². The average Bonchev–Trinajstić information content (AvgIpc) is 2.76. The Morgan fingerprint density at radius 2 is 1.50 bits per heavy atom. The summed E-state index contributed by atoms with van der Waals surface area (Å²) in [5.41, 5.74) is 0.149. The van der Waals surface area contributed by atoms with Crippen LogP contribution in [0.3, 0.4) is 0 Å². The van der Waals surface area contributed by atoms with Crippen molar-refractivity contribution in [2.45, 2.75) is 37.6 Å². The van der Waals surface area contributed by atoms with Gasteiger partial charge in [-0.2, -0.15) is 0 Å². The van der Waals surface area contributed by atoms with E-state index in [-0.39, 0.29) is 17.1 Å². The van der Waals surface area contributed by atoms with Gasteiger partial charge in [0.1, 0.15) is 36.8 Å². The zero-order valence-electron chi connectivity index (χ0n) is 16.8. The maximum Gasteiger partial charge on any atom is 0.338 e. The van der Waals surface area contributed by atoms with E-state index < -0.39 is 60.5 Å². The number of phenolic OH excluding ortho intramolecular Hbond substituents is 3. The van der Waals surface area contributed by atoms with E-state index in [1.807, 2.05) is 0 Å². The fraction of sp³-hybridized carbons (Fsp3) is 0.333. The molecule has 0 spiro atoms. The minimum Gasteiger partial charge on any atom is -0.504 e. The summed E-state index contributed by atoms with van der Waals surface area (Å²) in [6.45, 7) is 0.823. The van der Waals surface area contributed by atoms with E-state index in [2.05, 4.69) is 0 Å². The van der Waals surface area contributed by atoms with Gasteiger partial charge in [-0.05, 0) is 43.3 Å². The summed E-state index contributed by atoms with van der Waals surface area (Å²) < 4.78 is 15.9. The lowest BCUT2D eigenvalue weighted by atomic mass is 9.99. The standard InChI is InChI=1S/C21H22O11/c1-9(22)10-2-4-12(5-3-10)31-21-19(28)18(27)17(26)15(32-21)8-30-20(29)11-6-13(23)16(25)14(24)7-11/h2-7,15,17-19,21,23-28H,8H2,1H3/t15-,17-,18+,19-,21-/m1/s1. The molecule has 0 aliphatic carbocycles. The van der Waals surface area contributed by atoms with Crippen LogP contribution in [0.4, 0.5) is 0 Å². The van der Waals surface area contributed by atoms with Crippen molar-refractivity contribution in [2.24, 2.45) is 0 Å². The van der Waals surface area contributed by atoms with E-state index in [1.165, 1.54) is 31.2 Å². The molecule has 0 saturated carbocycles. The first-order chi connectivity index (χ1) is 15.1. The second-order valence-electron chi connectivity index (χ2n) is 7.17. The van der Waals surface area contributed by atoms with Crippen molar-refractivity contribution in [3.8, 4) is 23.0 Å². The normalized spacial score (nSPS) is 25.2. The Hall–Kier alpha value is -3.38. The Kier molecular flexibility index (Phi) is 6.84. The molecule has 3 rings (SSSR count). The van der Waals surface area contributed by atoms with Crippen molar-refractivity contribution < 1.29 is 54.4 Å². The largest absolute Gasteiger partial charge is 0.504 e. The molecule has 1 aliphatic rings. The number of carbonyl (C=O) groups is 2. The topological polar surface area (TPSA) is 183 Å². The summed E-state index contributed by atoms with van der Waals surface area (Å²) >= 11 is 0. The summed E-state index contributed by atoms with van der Waals surface area (Å²) in [5.74, 6) is -3.25. The highest BCUT2D eigenvalue weighted by Crippen LogP contribution is 2.35. The Bertz CT molecular complexity index is 965. The van der Waals surface area contributed by atoms with Crippen LogP contribution in [0.15, 0.2) is 36.4 Å². The van der Waals surface area contributed by atoms with Gasteiger partial charge in [0.2, 0.25) is 6.29 Å². The molecule has 6 N–H and O–H groups in total. The molecule has 1 saturated heterocycles. The molecule has 0 amide bonds. The number of ketones is 1. The molecule has 1 fully saturated rings. The number of hydrogen-bond donors (Lipinski definition) is 6. The van der Waals surface area contributed by atoms with Gasteiger partial charge in [0.15, 0.2) is 23.0 Å². The monoisotopic (exact) mass is 450 g/mol. The van der Waals surface area contributed by atoms with Crippen molar-refractivity contribution in [2.75, 3.05) is 6.61 Å². The number of benzene rings is 2. The fourth-order valence-electron chi connectivity index (χ4n) is 3.02. The van der Waals surface area contributed by atoms with E-state index in [0.717, 1.165) is 12.1 Å².